The minimum absolute atomic E-state index is 0.254. The molecule has 0 atom stereocenters. The number of hydrogen-bond acceptors (Lipinski definition) is 6. The summed E-state index contributed by atoms with van der Waals surface area (Å²) in [6.07, 6.45) is 6.68. The number of hydrogen-bond donors (Lipinski definition) is 2. The van der Waals surface area contributed by atoms with E-state index in [1.165, 1.54) is 6.42 Å². The van der Waals surface area contributed by atoms with Crippen LogP contribution < -0.4 is 15.2 Å². The monoisotopic (exact) mass is 494 g/mol. The first-order chi connectivity index (χ1) is 16.5. The molecule has 176 valence electrons. The van der Waals surface area contributed by atoms with Crippen LogP contribution in [-0.2, 0) is 16.6 Å². The zero-order valence-electron chi connectivity index (χ0n) is 18.6. The normalized spacial score (nSPS) is 16.5. The number of nitrogens with zero attached hydrogens (tertiary/aromatic N) is 2. The van der Waals surface area contributed by atoms with Gasteiger partial charge in [0.1, 0.15) is 17.4 Å². The van der Waals surface area contributed by atoms with E-state index in [2.05, 4.69) is 20.3 Å². The molecule has 34 heavy (non-hydrogen) atoms. The molecule has 9 heteroatoms. The van der Waals surface area contributed by atoms with Gasteiger partial charge in [-0.05, 0) is 56.4 Å². The Kier molecular flexibility index (Phi) is 5.26. The van der Waals surface area contributed by atoms with Gasteiger partial charge in [0.2, 0.25) is 10.0 Å². The number of sulfonamides is 1. The maximum Gasteiger partial charge on any atom is 0.235 e. The number of anilines is 2. The average Bonchev–Trinajstić information content (AvgIpc) is 3.47. The van der Waals surface area contributed by atoms with Gasteiger partial charge in [-0.15, -0.1) is 11.3 Å². The molecule has 6 rings (SSSR count). The van der Waals surface area contributed by atoms with E-state index in [0.29, 0.717) is 18.3 Å². The second-order valence-corrected chi connectivity index (χ2v) is 12.0. The van der Waals surface area contributed by atoms with Gasteiger partial charge >= 0.3 is 0 Å². The third-order valence-corrected chi connectivity index (χ3v) is 9.30. The van der Waals surface area contributed by atoms with E-state index >= 15 is 0 Å². The van der Waals surface area contributed by atoms with Crippen LogP contribution in [0, 0.1) is 0 Å². The van der Waals surface area contributed by atoms with Crippen molar-refractivity contribution in [1.29, 1.82) is 0 Å². The van der Waals surface area contributed by atoms with Crippen molar-refractivity contribution in [1.82, 2.24) is 9.55 Å². The molecule has 2 heterocycles. The van der Waals surface area contributed by atoms with E-state index in [1.807, 2.05) is 41.8 Å². The van der Waals surface area contributed by atoms with E-state index in [1.54, 1.807) is 17.5 Å². The van der Waals surface area contributed by atoms with Crippen LogP contribution >= 0.6 is 11.3 Å². The zero-order valence-corrected chi connectivity index (χ0v) is 20.2. The second kappa shape index (κ2) is 8.32. The van der Waals surface area contributed by atoms with Gasteiger partial charge in [0, 0.05) is 40.3 Å². The number of thiazole rings is 1. The van der Waals surface area contributed by atoms with Crippen LogP contribution in [0.4, 0.5) is 11.4 Å². The molecule has 0 spiro atoms. The summed E-state index contributed by atoms with van der Waals surface area (Å²) in [5.74, 6) is 0.789. The van der Waals surface area contributed by atoms with Crippen LogP contribution in [0.5, 0.6) is 5.75 Å². The molecule has 3 N–H and O–H groups in total. The number of nitrogen functional groups attached to an aromatic ring is 1. The smallest absolute Gasteiger partial charge is 0.235 e. The SMILES string of the molecule is Nc1c(-c2ccc(NS(=O)(=O)C3CC3)cc2)n(C2CCC2)c2cc(OCc3nccs3)ccc12. The molecule has 0 bridgehead atoms. The highest BCUT2D eigenvalue weighted by molar-refractivity contribution is 7.93. The fourth-order valence-corrected chi connectivity index (χ4v) is 6.43. The van der Waals surface area contributed by atoms with Crippen molar-refractivity contribution < 1.29 is 13.2 Å². The molecule has 2 aliphatic carbocycles. The lowest BCUT2D eigenvalue weighted by Gasteiger charge is -2.30. The summed E-state index contributed by atoms with van der Waals surface area (Å²) in [6, 6.07) is 14.0. The van der Waals surface area contributed by atoms with Gasteiger partial charge in [-0.1, -0.05) is 12.1 Å². The minimum Gasteiger partial charge on any atom is -0.486 e. The van der Waals surface area contributed by atoms with Crippen LogP contribution in [0.15, 0.2) is 54.0 Å². The zero-order chi connectivity index (χ0) is 23.3. The maximum atomic E-state index is 12.3. The number of aromatic nitrogens is 2. The van der Waals surface area contributed by atoms with E-state index in [0.717, 1.165) is 64.3 Å². The number of rotatable bonds is 8. The lowest BCUT2D eigenvalue weighted by Crippen LogP contribution is -2.18. The van der Waals surface area contributed by atoms with Crippen LogP contribution in [0.2, 0.25) is 0 Å². The molecular formula is C25H26N4O3S2. The predicted molar refractivity (Wildman–Crippen MR) is 137 cm³/mol. The number of nitrogens with two attached hydrogens (primary N) is 1. The summed E-state index contributed by atoms with van der Waals surface area (Å²) in [5, 5.41) is 3.63. The molecule has 0 unspecified atom stereocenters. The van der Waals surface area contributed by atoms with Crippen molar-refractivity contribution in [2.24, 2.45) is 0 Å². The molecule has 0 aliphatic heterocycles. The number of ether oxygens (including phenoxy) is 1. The minimum atomic E-state index is -3.29. The van der Waals surface area contributed by atoms with Crippen molar-refractivity contribution in [3.63, 3.8) is 0 Å². The van der Waals surface area contributed by atoms with Gasteiger partial charge < -0.3 is 15.0 Å². The highest BCUT2D eigenvalue weighted by Gasteiger charge is 2.35. The molecule has 2 aromatic carbocycles. The third kappa shape index (κ3) is 3.92. The molecular weight excluding hydrogens is 468 g/mol. The van der Waals surface area contributed by atoms with Gasteiger partial charge in [0.15, 0.2) is 0 Å². The summed E-state index contributed by atoms with van der Waals surface area (Å²) in [4.78, 5) is 4.29. The van der Waals surface area contributed by atoms with Crippen LogP contribution in [0.25, 0.3) is 22.2 Å². The topological polar surface area (TPSA) is 99.2 Å². The van der Waals surface area contributed by atoms with E-state index in [4.69, 9.17) is 10.5 Å². The average molecular weight is 495 g/mol. The Hall–Kier alpha value is -3.04. The summed E-state index contributed by atoms with van der Waals surface area (Å²) < 4.78 is 35.6. The Labute approximate surface area is 202 Å². The standard InChI is InChI=1S/C25H26N4O3S2/c26-24-21-11-8-19(32-15-23-27-12-13-33-23)14-22(21)29(18-2-1-3-18)25(24)16-4-6-17(7-5-16)28-34(30,31)20-9-10-20/h4-8,11-14,18,20,28H,1-3,9-10,15,26H2. The predicted octanol–water partition coefficient (Wildman–Crippen LogP) is 5.56. The van der Waals surface area contributed by atoms with Crippen molar-refractivity contribution in [2.45, 2.75) is 50.0 Å². The molecule has 7 nitrogen and oxygen atoms in total. The van der Waals surface area contributed by atoms with E-state index in [9.17, 15) is 8.42 Å². The highest BCUT2D eigenvalue weighted by atomic mass is 32.2. The van der Waals surface area contributed by atoms with Crippen LogP contribution in [-0.4, -0.2) is 23.2 Å². The highest BCUT2D eigenvalue weighted by Crippen LogP contribution is 2.45. The van der Waals surface area contributed by atoms with Crippen molar-refractivity contribution in [3.05, 3.63) is 59.0 Å². The van der Waals surface area contributed by atoms with Gasteiger partial charge in [0.25, 0.3) is 0 Å². The lowest BCUT2D eigenvalue weighted by atomic mass is 9.92. The van der Waals surface area contributed by atoms with Crippen molar-refractivity contribution in [3.8, 4) is 17.0 Å². The second-order valence-electron chi connectivity index (χ2n) is 9.03. The maximum absolute atomic E-state index is 12.3. The van der Waals surface area contributed by atoms with Gasteiger partial charge in [-0.25, -0.2) is 13.4 Å². The molecule has 2 aliphatic rings. The Morgan fingerprint density at radius 3 is 2.56 bits per heavy atom. The molecule has 0 saturated heterocycles. The third-order valence-electron chi connectivity index (χ3n) is 6.68. The Morgan fingerprint density at radius 2 is 1.91 bits per heavy atom. The van der Waals surface area contributed by atoms with Gasteiger partial charge in [-0.3, -0.25) is 4.72 Å². The first-order valence-electron chi connectivity index (χ1n) is 11.6. The summed E-state index contributed by atoms with van der Waals surface area (Å²) in [6.45, 7) is 0.438. The molecule has 0 amide bonds. The molecule has 2 aromatic heterocycles. The Balaban J connectivity index is 1.36. The lowest BCUT2D eigenvalue weighted by molar-refractivity contribution is 0.304. The van der Waals surface area contributed by atoms with Gasteiger partial charge in [0.05, 0.1) is 22.1 Å². The quantitative estimate of drug-likeness (QED) is 0.334. The fraction of sp³-hybridized carbons (Fsp3) is 0.320. The van der Waals surface area contributed by atoms with Crippen molar-refractivity contribution in [2.75, 3.05) is 10.5 Å². The van der Waals surface area contributed by atoms with Crippen LogP contribution in [0.1, 0.15) is 43.2 Å². The first kappa shape index (κ1) is 21.5. The molecule has 0 radical (unpaired) electrons. The van der Waals surface area contributed by atoms with Gasteiger partial charge in [-0.2, -0.15) is 0 Å². The van der Waals surface area contributed by atoms with Crippen LogP contribution in [0.3, 0.4) is 0 Å². The largest absolute Gasteiger partial charge is 0.486 e. The number of fused-ring (bicyclic) bond motifs is 1. The molecule has 4 aromatic rings. The summed E-state index contributed by atoms with van der Waals surface area (Å²) in [5.41, 5.74) is 11.0. The Morgan fingerprint density at radius 1 is 1.12 bits per heavy atom. The molecule has 2 fully saturated rings. The number of nitrogens with one attached hydrogen (secondary N) is 1. The summed E-state index contributed by atoms with van der Waals surface area (Å²) >= 11 is 1.58. The first-order valence-corrected chi connectivity index (χ1v) is 14.0. The van der Waals surface area contributed by atoms with Crippen molar-refractivity contribution >= 4 is 43.6 Å². The summed E-state index contributed by atoms with van der Waals surface area (Å²) in [7, 11) is -3.29. The van der Waals surface area contributed by atoms with E-state index in [-0.39, 0.29) is 5.25 Å². The van der Waals surface area contributed by atoms with E-state index < -0.39 is 10.0 Å². The molecule has 2 saturated carbocycles. The number of benzene rings is 2. The Bertz CT molecular complexity index is 1440. The fourth-order valence-electron chi connectivity index (χ4n) is 4.52.